The minimum atomic E-state index is -0.169. The standard InChI is InChI=1S/C25H44ClN3O2.C4H7NO.C3H4/c1-7-10-14-23(27-18-22(20(4)9-3)13-12-16-31-6)17-21(5)29-25(30)24(28-19-26)15-11-8-2;6-4-2-1-3-5-4;1-3-2/h11-13,15,21,23,27H,7-10,14,16-19H2,1-6H3,(H,29,30);1-3H2,(H,5,6);1H,2H3/b13-12-,15-11-,22-20+,28-24+;;. The lowest BCUT2D eigenvalue weighted by atomic mass is 10.0. The van der Waals surface area contributed by atoms with Gasteiger partial charge in [0.2, 0.25) is 5.91 Å². The van der Waals surface area contributed by atoms with E-state index in [4.69, 9.17) is 16.3 Å². The van der Waals surface area contributed by atoms with Crippen molar-refractivity contribution in [2.24, 2.45) is 4.99 Å². The molecule has 8 heteroatoms. The highest BCUT2D eigenvalue weighted by Gasteiger charge is 2.17. The number of unbranched alkanes of at least 4 members (excludes halogenated alkanes) is 1. The van der Waals surface area contributed by atoms with Crippen molar-refractivity contribution in [2.75, 3.05) is 32.8 Å². The van der Waals surface area contributed by atoms with Crippen molar-refractivity contribution >= 4 is 29.1 Å². The second-order valence-electron chi connectivity index (χ2n) is 9.56. The number of aliphatic imine (C=N–C) groups is 1. The molecule has 7 nitrogen and oxygen atoms in total. The van der Waals surface area contributed by atoms with Gasteiger partial charge >= 0.3 is 0 Å². The number of rotatable bonds is 17. The van der Waals surface area contributed by atoms with Crippen LogP contribution in [0.4, 0.5) is 0 Å². The fourth-order valence-corrected chi connectivity index (χ4v) is 3.85. The minimum absolute atomic E-state index is 0.0288. The van der Waals surface area contributed by atoms with Crippen molar-refractivity contribution in [3.05, 3.63) is 35.5 Å². The molecule has 0 aromatic heterocycles. The highest BCUT2D eigenvalue weighted by molar-refractivity contribution is 6.43. The Kier molecular flexibility index (Phi) is 28.0. The summed E-state index contributed by atoms with van der Waals surface area (Å²) >= 11 is 5.72. The van der Waals surface area contributed by atoms with Crippen molar-refractivity contribution in [1.29, 1.82) is 0 Å². The molecule has 0 aliphatic carbocycles. The minimum Gasteiger partial charge on any atom is -0.381 e. The van der Waals surface area contributed by atoms with Crippen LogP contribution in [-0.2, 0) is 14.3 Å². The summed E-state index contributed by atoms with van der Waals surface area (Å²) in [6, 6.07) is 0.431. The molecule has 1 saturated heterocycles. The van der Waals surface area contributed by atoms with Crippen molar-refractivity contribution in [1.82, 2.24) is 16.0 Å². The number of nitrogens with zero attached hydrogens (tertiary/aromatic N) is 1. The third-order valence-electron chi connectivity index (χ3n) is 6.04. The van der Waals surface area contributed by atoms with Crippen LogP contribution in [0.5, 0.6) is 0 Å². The lowest BCUT2D eigenvalue weighted by Gasteiger charge is -2.24. The Morgan fingerprint density at radius 3 is 2.45 bits per heavy atom. The molecule has 40 heavy (non-hydrogen) atoms. The highest BCUT2D eigenvalue weighted by atomic mass is 35.5. The molecule has 0 saturated carbocycles. The molecule has 1 rings (SSSR count). The van der Waals surface area contributed by atoms with Crippen molar-refractivity contribution < 1.29 is 14.3 Å². The highest BCUT2D eigenvalue weighted by Crippen LogP contribution is 2.12. The molecule has 3 N–H and O–H groups in total. The topological polar surface area (TPSA) is 91.8 Å². The van der Waals surface area contributed by atoms with Gasteiger partial charge in [0.15, 0.2) is 0 Å². The van der Waals surface area contributed by atoms with Crippen LogP contribution in [0.15, 0.2) is 40.4 Å². The van der Waals surface area contributed by atoms with Gasteiger partial charge in [-0.25, -0.2) is 0 Å². The van der Waals surface area contributed by atoms with Gasteiger partial charge in [-0.15, -0.1) is 23.9 Å². The maximum atomic E-state index is 12.6. The number of alkyl halides is 1. The van der Waals surface area contributed by atoms with Gasteiger partial charge in [0, 0.05) is 38.7 Å². The zero-order chi connectivity index (χ0) is 30.6. The van der Waals surface area contributed by atoms with Crippen molar-refractivity contribution in [2.45, 2.75) is 105 Å². The van der Waals surface area contributed by atoms with Crippen LogP contribution in [0.3, 0.4) is 0 Å². The van der Waals surface area contributed by atoms with E-state index >= 15 is 0 Å². The molecular weight excluding hydrogens is 524 g/mol. The largest absolute Gasteiger partial charge is 0.381 e. The number of halogens is 1. The van der Waals surface area contributed by atoms with Crippen LogP contribution in [0.25, 0.3) is 0 Å². The van der Waals surface area contributed by atoms with Crippen molar-refractivity contribution in [3.63, 3.8) is 0 Å². The SMILES string of the molecule is C#CC.CC/C=C\C(=N/CCl)C(=O)NC(C)CC(CCCC)NCC(/C=C\COC)=C(\C)CC.O=C1CCCN1. The first-order valence-electron chi connectivity index (χ1n) is 14.5. The van der Waals surface area contributed by atoms with E-state index in [0.29, 0.717) is 18.4 Å². The van der Waals surface area contributed by atoms with Gasteiger partial charge in [0.05, 0.1) is 6.61 Å². The van der Waals surface area contributed by atoms with E-state index in [-0.39, 0.29) is 23.9 Å². The number of hydrogen-bond donors (Lipinski definition) is 3. The molecule has 0 radical (unpaired) electrons. The van der Waals surface area contributed by atoms with Crippen LogP contribution < -0.4 is 16.0 Å². The Morgan fingerprint density at radius 1 is 1.27 bits per heavy atom. The summed E-state index contributed by atoms with van der Waals surface area (Å²) < 4.78 is 5.14. The number of terminal acetylenes is 1. The number of hydrogen-bond acceptors (Lipinski definition) is 5. The number of amides is 2. The maximum Gasteiger partial charge on any atom is 0.269 e. The molecule has 2 atom stereocenters. The van der Waals surface area contributed by atoms with Crippen LogP contribution >= 0.6 is 11.6 Å². The Labute approximate surface area is 249 Å². The van der Waals surface area contributed by atoms with Gasteiger partial charge in [-0.3, -0.25) is 14.6 Å². The second kappa shape index (κ2) is 28.1. The summed E-state index contributed by atoms with van der Waals surface area (Å²) in [6.07, 6.45) is 20.4. The zero-order valence-corrected chi connectivity index (χ0v) is 26.8. The smallest absolute Gasteiger partial charge is 0.269 e. The molecule has 0 bridgehead atoms. The molecule has 1 fully saturated rings. The Balaban J connectivity index is 0. The van der Waals surface area contributed by atoms with Crippen molar-refractivity contribution in [3.8, 4) is 12.3 Å². The Hall–Kier alpha value is -2.40. The summed E-state index contributed by atoms with van der Waals surface area (Å²) in [7, 11) is 1.70. The molecule has 2 amide bonds. The average molecular weight is 579 g/mol. The van der Waals surface area contributed by atoms with E-state index in [2.05, 4.69) is 66.2 Å². The number of carbonyl (C=O) groups excluding carboxylic acids is 2. The molecule has 228 valence electrons. The summed E-state index contributed by atoms with van der Waals surface area (Å²) in [4.78, 5) is 26.8. The van der Waals surface area contributed by atoms with E-state index in [0.717, 1.165) is 64.5 Å². The predicted octanol–water partition coefficient (Wildman–Crippen LogP) is 6.10. The van der Waals surface area contributed by atoms with Gasteiger partial charge in [0.1, 0.15) is 11.7 Å². The third kappa shape index (κ3) is 22.4. The first kappa shape index (κ1) is 39.7. The van der Waals surface area contributed by atoms with E-state index in [1.54, 1.807) is 20.1 Å². The van der Waals surface area contributed by atoms with E-state index in [1.165, 1.54) is 11.1 Å². The number of nitrogens with one attached hydrogen (secondary N) is 3. The Morgan fingerprint density at radius 2 is 1.98 bits per heavy atom. The fraction of sp³-hybridized carbons (Fsp3) is 0.656. The molecule has 0 aromatic rings. The lowest BCUT2D eigenvalue weighted by molar-refractivity contribution is -0.119. The lowest BCUT2D eigenvalue weighted by Crippen LogP contribution is -2.42. The molecule has 1 heterocycles. The van der Waals surface area contributed by atoms with Gasteiger partial charge in [-0.05, 0) is 64.5 Å². The van der Waals surface area contributed by atoms with E-state index in [1.807, 2.05) is 19.9 Å². The maximum absolute atomic E-state index is 12.6. The molecule has 0 spiro atoms. The molecule has 2 unspecified atom stereocenters. The first-order valence-corrected chi connectivity index (χ1v) is 15.1. The molecular formula is C32H55ClN4O3. The first-order chi connectivity index (χ1) is 19.2. The quantitative estimate of drug-likeness (QED) is 0.0639. The van der Waals surface area contributed by atoms with Gasteiger partial charge in [-0.1, -0.05) is 57.4 Å². The number of ether oxygens (including phenoxy) is 1. The summed E-state index contributed by atoms with van der Waals surface area (Å²) in [5.41, 5.74) is 3.06. The van der Waals surface area contributed by atoms with Crippen LogP contribution in [0, 0.1) is 12.3 Å². The van der Waals surface area contributed by atoms with Crippen LogP contribution in [-0.4, -0.2) is 62.4 Å². The molecule has 0 aromatic carbocycles. The number of carbonyl (C=O) groups is 2. The predicted molar refractivity (Wildman–Crippen MR) is 172 cm³/mol. The Bertz CT molecular complexity index is 836. The molecule has 1 aliphatic heterocycles. The summed E-state index contributed by atoms with van der Waals surface area (Å²) in [5.74, 6) is 2.28. The number of methoxy groups -OCH3 is 1. The van der Waals surface area contributed by atoms with Gasteiger partial charge in [-0.2, -0.15) is 0 Å². The average Bonchev–Trinajstić information content (AvgIpc) is 3.42. The fourth-order valence-electron chi connectivity index (χ4n) is 3.72. The van der Waals surface area contributed by atoms with Gasteiger partial charge in [0.25, 0.3) is 5.91 Å². The van der Waals surface area contributed by atoms with E-state index in [9.17, 15) is 9.59 Å². The van der Waals surface area contributed by atoms with E-state index < -0.39 is 0 Å². The summed E-state index contributed by atoms with van der Waals surface area (Å²) in [6.45, 7) is 14.6. The number of allylic oxidation sites excluding steroid dienone is 2. The van der Waals surface area contributed by atoms with Gasteiger partial charge < -0.3 is 20.7 Å². The van der Waals surface area contributed by atoms with Crippen LogP contribution in [0.1, 0.15) is 92.9 Å². The van der Waals surface area contributed by atoms with Crippen LogP contribution in [0.2, 0.25) is 0 Å². The summed E-state index contributed by atoms with van der Waals surface area (Å²) in [5, 5.41) is 9.49. The monoisotopic (exact) mass is 578 g/mol. The zero-order valence-electron chi connectivity index (χ0n) is 26.1. The second-order valence-corrected chi connectivity index (χ2v) is 9.80. The molecule has 1 aliphatic rings. The third-order valence-corrected chi connectivity index (χ3v) is 6.16. The normalized spacial score (nSPS) is 15.3.